The van der Waals surface area contributed by atoms with Gasteiger partial charge in [0.2, 0.25) is 0 Å². The van der Waals surface area contributed by atoms with Gasteiger partial charge in [-0.15, -0.1) is 0 Å². The van der Waals surface area contributed by atoms with Crippen molar-refractivity contribution in [2.24, 2.45) is 0 Å². The van der Waals surface area contributed by atoms with Gasteiger partial charge in [0, 0.05) is 45.9 Å². The lowest BCUT2D eigenvalue weighted by atomic mass is 9.84. The van der Waals surface area contributed by atoms with Crippen molar-refractivity contribution in [3.8, 4) is 51.0 Å². The highest BCUT2D eigenvalue weighted by atomic mass is 79.9. The SMILES string of the molecule is COc1cc(OCc2ccccc2)cc(C)c1-c1c(O)c(C)c(-c2c(C)c(O)c(C(=O)Cc3c(C)c(C)c(C)c(C)c3C)c(C)c2F)c(O)c1Br. The second-order valence-electron chi connectivity index (χ2n) is 13.3. The lowest BCUT2D eigenvalue weighted by molar-refractivity contribution is 0.0988. The van der Waals surface area contributed by atoms with Gasteiger partial charge in [-0.3, -0.25) is 4.79 Å². The number of carbonyl (C=O) groups excluding carboxylic acids is 1. The molecule has 0 aliphatic rings. The molecule has 5 aromatic rings. The molecule has 8 heteroatoms. The zero-order chi connectivity index (χ0) is 37.6. The largest absolute Gasteiger partial charge is 0.507 e. The van der Waals surface area contributed by atoms with Crippen LogP contribution in [0.3, 0.4) is 0 Å². The highest BCUT2D eigenvalue weighted by Gasteiger charge is 2.32. The summed E-state index contributed by atoms with van der Waals surface area (Å²) in [7, 11) is 1.50. The van der Waals surface area contributed by atoms with E-state index in [0.717, 1.165) is 33.4 Å². The summed E-state index contributed by atoms with van der Waals surface area (Å²) < 4.78 is 28.5. The van der Waals surface area contributed by atoms with Crippen LogP contribution in [-0.2, 0) is 13.0 Å². The van der Waals surface area contributed by atoms with Gasteiger partial charge in [0.15, 0.2) is 5.78 Å². The van der Waals surface area contributed by atoms with Crippen molar-refractivity contribution < 1.29 is 34.0 Å². The maximum Gasteiger partial charge on any atom is 0.171 e. The fourth-order valence-electron chi connectivity index (χ4n) is 7.05. The van der Waals surface area contributed by atoms with E-state index in [2.05, 4.69) is 22.9 Å². The number of phenols is 3. The van der Waals surface area contributed by atoms with Crippen LogP contribution in [0.2, 0.25) is 0 Å². The minimum Gasteiger partial charge on any atom is -0.507 e. The molecule has 51 heavy (non-hydrogen) atoms. The first-order chi connectivity index (χ1) is 24.0. The molecule has 0 aliphatic heterocycles. The smallest absolute Gasteiger partial charge is 0.171 e. The Labute approximate surface area is 307 Å². The van der Waals surface area contributed by atoms with E-state index < -0.39 is 11.6 Å². The van der Waals surface area contributed by atoms with Gasteiger partial charge in [-0.1, -0.05) is 30.3 Å². The van der Waals surface area contributed by atoms with Gasteiger partial charge in [-0.2, -0.15) is 0 Å². The predicted octanol–water partition coefficient (Wildman–Crippen LogP) is 10.8. The third-order valence-electron chi connectivity index (χ3n) is 10.5. The van der Waals surface area contributed by atoms with Crippen LogP contribution in [-0.4, -0.2) is 28.2 Å². The molecule has 0 unspecified atom stereocenters. The van der Waals surface area contributed by atoms with E-state index in [0.29, 0.717) is 29.2 Å². The summed E-state index contributed by atoms with van der Waals surface area (Å²) in [5, 5.41) is 35.0. The Kier molecular flexibility index (Phi) is 10.6. The topological polar surface area (TPSA) is 96.2 Å². The molecular formula is C43H44BrFO6. The normalized spacial score (nSPS) is 11.2. The Morgan fingerprint density at radius 1 is 0.686 bits per heavy atom. The molecule has 3 N–H and O–H groups in total. The molecule has 0 atom stereocenters. The van der Waals surface area contributed by atoms with Crippen molar-refractivity contribution in [2.75, 3.05) is 7.11 Å². The standard InChI is InChI=1S/C43H44BrFO6/c1-20-16-30(51-19-29-14-12-11-13-15-29)17-33(50-10)34(20)38-39(44)43(49)37(28(9)42(38)48)36-27(8)41(47)35(26(7)40(36)45)32(46)18-31-24(5)22(3)21(2)23(4)25(31)6/h11-17,47-49H,18-19H2,1-10H3. The summed E-state index contributed by atoms with van der Waals surface area (Å²) in [6.07, 6.45) is -0.00513. The average molecular weight is 756 g/mol. The molecule has 0 saturated carbocycles. The maximum atomic E-state index is 16.6. The summed E-state index contributed by atoms with van der Waals surface area (Å²) in [6, 6.07) is 13.3. The van der Waals surface area contributed by atoms with E-state index in [-0.39, 0.29) is 67.1 Å². The molecular weight excluding hydrogens is 711 g/mol. The van der Waals surface area contributed by atoms with Crippen molar-refractivity contribution in [1.82, 2.24) is 0 Å². The second-order valence-corrected chi connectivity index (χ2v) is 14.1. The Balaban J connectivity index is 1.60. The van der Waals surface area contributed by atoms with Crippen LogP contribution in [0.15, 0.2) is 46.9 Å². The van der Waals surface area contributed by atoms with E-state index in [4.69, 9.17) is 9.47 Å². The Morgan fingerprint density at radius 2 is 1.25 bits per heavy atom. The Bertz CT molecular complexity index is 2130. The van der Waals surface area contributed by atoms with Gasteiger partial charge in [0.05, 0.1) is 17.1 Å². The summed E-state index contributed by atoms with van der Waals surface area (Å²) >= 11 is 3.48. The number of aryl methyl sites for hydroxylation is 1. The molecule has 0 spiro atoms. The van der Waals surface area contributed by atoms with Crippen molar-refractivity contribution in [1.29, 1.82) is 0 Å². The van der Waals surface area contributed by atoms with Crippen LogP contribution in [0.5, 0.6) is 28.7 Å². The van der Waals surface area contributed by atoms with Crippen molar-refractivity contribution >= 4 is 21.7 Å². The third kappa shape index (κ3) is 6.46. The molecule has 0 saturated heterocycles. The number of carbonyl (C=O) groups is 1. The van der Waals surface area contributed by atoms with Crippen molar-refractivity contribution in [2.45, 2.75) is 75.3 Å². The summed E-state index contributed by atoms with van der Waals surface area (Å²) in [5.41, 5.74) is 8.64. The quantitative estimate of drug-likeness (QED) is 0.102. The monoisotopic (exact) mass is 754 g/mol. The molecule has 0 heterocycles. The van der Waals surface area contributed by atoms with Gasteiger partial charge in [0.25, 0.3) is 0 Å². The Morgan fingerprint density at radius 3 is 1.84 bits per heavy atom. The maximum absolute atomic E-state index is 16.6. The number of Topliss-reactive ketones (excluding diaryl/α,β-unsaturated/α-hetero) is 1. The van der Waals surface area contributed by atoms with Gasteiger partial charge < -0.3 is 24.8 Å². The number of ketones is 1. The zero-order valence-electron chi connectivity index (χ0n) is 30.8. The minimum absolute atomic E-state index is 0.00513. The molecule has 0 aromatic heterocycles. The molecule has 0 aliphatic carbocycles. The molecule has 5 rings (SSSR count). The first kappa shape index (κ1) is 37.4. The van der Waals surface area contributed by atoms with Gasteiger partial charge >= 0.3 is 0 Å². The highest BCUT2D eigenvalue weighted by molar-refractivity contribution is 9.10. The zero-order valence-corrected chi connectivity index (χ0v) is 32.4. The molecule has 6 nitrogen and oxygen atoms in total. The number of methoxy groups -OCH3 is 1. The first-order valence-corrected chi connectivity index (χ1v) is 17.5. The number of hydrogen-bond donors (Lipinski definition) is 3. The first-order valence-electron chi connectivity index (χ1n) is 16.7. The molecule has 0 radical (unpaired) electrons. The number of benzene rings is 5. The van der Waals surface area contributed by atoms with E-state index in [1.165, 1.54) is 26.5 Å². The molecule has 0 amide bonds. The molecule has 0 bridgehead atoms. The fourth-order valence-corrected chi connectivity index (χ4v) is 7.64. The summed E-state index contributed by atoms with van der Waals surface area (Å²) in [6.45, 7) is 16.7. The predicted molar refractivity (Wildman–Crippen MR) is 204 cm³/mol. The highest BCUT2D eigenvalue weighted by Crippen LogP contribution is 2.54. The van der Waals surface area contributed by atoms with Gasteiger partial charge in [0.1, 0.15) is 41.2 Å². The number of aromatic hydroxyl groups is 3. The number of halogens is 2. The number of phenolic OH excluding ortho intramolecular Hbond substituents is 3. The van der Waals surface area contributed by atoms with Gasteiger partial charge in [-0.05, 0) is 134 Å². The molecule has 5 aromatic carbocycles. The summed E-state index contributed by atoms with van der Waals surface area (Å²) in [4.78, 5) is 13.8. The van der Waals surface area contributed by atoms with Crippen LogP contribution in [0.25, 0.3) is 22.3 Å². The summed E-state index contributed by atoms with van der Waals surface area (Å²) in [5.74, 6) is -1.17. The number of ether oxygens (including phenoxy) is 2. The molecule has 266 valence electrons. The number of rotatable bonds is 9. The van der Waals surface area contributed by atoms with Crippen LogP contribution in [0.1, 0.15) is 71.6 Å². The lowest BCUT2D eigenvalue weighted by Crippen LogP contribution is -2.13. The average Bonchev–Trinajstić information content (AvgIpc) is 3.11. The third-order valence-corrected chi connectivity index (χ3v) is 11.3. The number of hydrogen-bond acceptors (Lipinski definition) is 6. The Hall–Kier alpha value is -4.82. The van der Waals surface area contributed by atoms with E-state index in [1.54, 1.807) is 13.0 Å². The van der Waals surface area contributed by atoms with Crippen LogP contribution < -0.4 is 9.47 Å². The van der Waals surface area contributed by atoms with E-state index in [1.807, 2.05) is 71.0 Å². The lowest BCUT2D eigenvalue weighted by Gasteiger charge is -2.23. The fraction of sp³-hybridized carbons (Fsp3) is 0.279. The molecule has 0 fully saturated rings. The van der Waals surface area contributed by atoms with E-state index >= 15 is 4.39 Å². The van der Waals surface area contributed by atoms with Crippen molar-refractivity contribution in [3.05, 3.63) is 120 Å². The van der Waals surface area contributed by atoms with E-state index in [9.17, 15) is 20.1 Å². The minimum atomic E-state index is -0.774. The van der Waals surface area contributed by atoms with Crippen LogP contribution in [0, 0.1) is 68.1 Å². The van der Waals surface area contributed by atoms with Crippen molar-refractivity contribution in [3.63, 3.8) is 0 Å². The van der Waals surface area contributed by atoms with Crippen LogP contribution in [0.4, 0.5) is 4.39 Å². The van der Waals surface area contributed by atoms with Gasteiger partial charge in [-0.25, -0.2) is 4.39 Å². The second kappa shape index (κ2) is 14.4. The van der Waals surface area contributed by atoms with Crippen LogP contribution >= 0.6 is 15.9 Å².